The van der Waals surface area contributed by atoms with Gasteiger partial charge >= 0.3 is 0 Å². The summed E-state index contributed by atoms with van der Waals surface area (Å²) in [5, 5.41) is 9.37. The molecule has 17 heavy (non-hydrogen) atoms. The number of nitriles is 1. The van der Waals surface area contributed by atoms with Crippen molar-refractivity contribution in [2.75, 3.05) is 13.0 Å². The number of methoxy groups -OCH3 is 1. The summed E-state index contributed by atoms with van der Waals surface area (Å²) in [4.78, 5) is 11.8. The summed E-state index contributed by atoms with van der Waals surface area (Å²) in [6.45, 7) is 1.40. The van der Waals surface area contributed by atoms with Gasteiger partial charge in [-0.05, 0) is 19.4 Å². The van der Waals surface area contributed by atoms with E-state index in [1.807, 2.05) is 0 Å². The van der Waals surface area contributed by atoms with Crippen molar-refractivity contribution in [3.8, 4) is 11.8 Å². The topological polar surface area (TPSA) is 50.1 Å². The maximum absolute atomic E-state index is 11.8. The Morgan fingerprint density at radius 1 is 1.53 bits per heavy atom. The number of nitrogens with zero attached hydrogens (tertiary/aromatic N) is 1. The van der Waals surface area contributed by atoms with Gasteiger partial charge < -0.3 is 4.74 Å². The largest absolute Gasteiger partial charge is 0.496 e. The van der Waals surface area contributed by atoms with Gasteiger partial charge in [-0.2, -0.15) is 5.26 Å². The molecule has 90 valence electrons. The number of para-hydroxylation sites is 1. The Hall–Kier alpha value is -1.53. The molecule has 0 bridgehead atoms. The summed E-state index contributed by atoms with van der Waals surface area (Å²) in [6, 6.07) is 9.14. The molecule has 3 nitrogen and oxygen atoms in total. The average molecular weight is 252 g/mol. The van der Waals surface area contributed by atoms with Gasteiger partial charge in [0.2, 0.25) is 0 Å². The molecule has 1 unspecified atom stereocenters. The van der Waals surface area contributed by atoms with Crippen LogP contribution in [0.3, 0.4) is 0 Å². The third-order valence-electron chi connectivity index (χ3n) is 2.83. The smallest absolute Gasteiger partial charge is 0.154 e. The van der Waals surface area contributed by atoms with E-state index in [1.165, 1.54) is 14.0 Å². The van der Waals surface area contributed by atoms with E-state index >= 15 is 0 Å². The summed E-state index contributed by atoms with van der Waals surface area (Å²) in [7, 11) is 1.52. The molecule has 0 saturated carbocycles. The van der Waals surface area contributed by atoms with Gasteiger partial charge in [-0.25, -0.2) is 0 Å². The van der Waals surface area contributed by atoms with Gasteiger partial charge in [0, 0.05) is 11.4 Å². The van der Waals surface area contributed by atoms with Crippen LogP contribution in [0.5, 0.6) is 5.75 Å². The zero-order valence-electron chi connectivity index (χ0n) is 9.87. The van der Waals surface area contributed by atoms with E-state index in [-0.39, 0.29) is 18.1 Å². The Bertz CT molecular complexity index is 453. The zero-order chi connectivity index (χ0) is 12.9. The number of carbonyl (C=O) groups is 1. The Morgan fingerprint density at radius 3 is 2.65 bits per heavy atom. The number of hydrogen-bond acceptors (Lipinski definition) is 3. The molecule has 0 fully saturated rings. The van der Waals surface area contributed by atoms with Crippen molar-refractivity contribution >= 4 is 17.4 Å². The molecular formula is C13H14ClNO2. The molecule has 0 aliphatic heterocycles. The molecule has 4 heteroatoms. The summed E-state index contributed by atoms with van der Waals surface area (Å²) >= 11 is 5.71. The van der Waals surface area contributed by atoms with Crippen LogP contribution in [-0.4, -0.2) is 18.8 Å². The van der Waals surface area contributed by atoms with Crippen molar-refractivity contribution in [1.29, 1.82) is 5.26 Å². The number of Topliss-reactive ketones (excluding diaryl/α,β-unsaturated/α-hetero) is 1. The van der Waals surface area contributed by atoms with Crippen molar-refractivity contribution in [3.05, 3.63) is 29.8 Å². The van der Waals surface area contributed by atoms with E-state index in [4.69, 9.17) is 16.3 Å². The highest BCUT2D eigenvalue weighted by Gasteiger charge is 2.39. The number of hydrogen-bond donors (Lipinski definition) is 0. The van der Waals surface area contributed by atoms with Crippen LogP contribution in [0.2, 0.25) is 0 Å². The second-order valence-corrected chi connectivity index (χ2v) is 4.09. The van der Waals surface area contributed by atoms with Crippen molar-refractivity contribution in [2.45, 2.75) is 18.8 Å². The fraction of sp³-hybridized carbons (Fsp3) is 0.385. The van der Waals surface area contributed by atoms with Gasteiger partial charge in [-0.1, -0.05) is 18.2 Å². The molecule has 0 amide bonds. The van der Waals surface area contributed by atoms with Crippen LogP contribution in [-0.2, 0) is 10.2 Å². The number of ketones is 1. The van der Waals surface area contributed by atoms with Crippen LogP contribution in [0.25, 0.3) is 0 Å². The Morgan fingerprint density at radius 2 is 2.18 bits per heavy atom. The Kier molecular flexibility index (Phi) is 4.53. The molecule has 1 atom stereocenters. The number of alkyl halides is 1. The first-order valence-corrected chi connectivity index (χ1v) is 5.77. The maximum Gasteiger partial charge on any atom is 0.154 e. The highest BCUT2D eigenvalue weighted by Crippen LogP contribution is 2.35. The predicted octanol–water partition coefficient (Wildman–Crippen LogP) is 2.67. The number of rotatable bonds is 5. The monoisotopic (exact) mass is 251 g/mol. The number of ether oxygens (including phenoxy) is 1. The maximum atomic E-state index is 11.8. The predicted molar refractivity (Wildman–Crippen MR) is 66.3 cm³/mol. The molecule has 0 spiro atoms. The minimum Gasteiger partial charge on any atom is -0.496 e. The van der Waals surface area contributed by atoms with E-state index in [1.54, 1.807) is 24.3 Å². The SMILES string of the molecule is COc1ccccc1C(C#N)(CCCl)C(C)=O. The first-order valence-electron chi connectivity index (χ1n) is 5.24. The van der Waals surface area contributed by atoms with Gasteiger partial charge in [-0.3, -0.25) is 4.79 Å². The highest BCUT2D eigenvalue weighted by atomic mass is 35.5. The lowest BCUT2D eigenvalue weighted by Crippen LogP contribution is -2.33. The molecule has 0 radical (unpaired) electrons. The fourth-order valence-electron chi connectivity index (χ4n) is 1.83. The number of benzene rings is 1. The van der Waals surface area contributed by atoms with Gasteiger partial charge in [0.05, 0.1) is 13.2 Å². The van der Waals surface area contributed by atoms with Crippen LogP contribution >= 0.6 is 11.6 Å². The Balaban J connectivity index is 3.41. The standard InChI is InChI=1S/C13H14ClNO2/c1-10(16)13(9-15,7-8-14)11-5-3-4-6-12(11)17-2/h3-6H,7-8H2,1-2H3. The number of halogens is 1. The first kappa shape index (κ1) is 13.5. The molecule has 0 saturated heterocycles. The zero-order valence-corrected chi connectivity index (χ0v) is 10.6. The van der Waals surface area contributed by atoms with Crippen molar-refractivity contribution in [3.63, 3.8) is 0 Å². The third-order valence-corrected chi connectivity index (χ3v) is 3.02. The minimum absolute atomic E-state index is 0.217. The van der Waals surface area contributed by atoms with Crippen molar-refractivity contribution in [1.82, 2.24) is 0 Å². The molecule has 1 rings (SSSR count). The van der Waals surface area contributed by atoms with E-state index in [2.05, 4.69) is 6.07 Å². The fourth-order valence-corrected chi connectivity index (χ4v) is 2.12. The average Bonchev–Trinajstić information content (AvgIpc) is 2.35. The number of carbonyl (C=O) groups excluding carboxylic acids is 1. The van der Waals surface area contributed by atoms with Gasteiger partial charge in [0.15, 0.2) is 5.78 Å². The lowest BCUT2D eigenvalue weighted by molar-refractivity contribution is -0.120. The molecule has 0 aromatic heterocycles. The van der Waals surface area contributed by atoms with Crippen molar-refractivity contribution < 1.29 is 9.53 Å². The van der Waals surface area contributed by atoms with Crippen LogP contribution in [0.1, 0.15) is 18.9 Å². The van der Waals surface area contributed by atoms with Crippen LogP contribution in [0.4, 0.5) is 0 Å². The molecule has 0 aliphatic rings. The van der Waals surface area contributed by atoms with E-state index in [0.29, 0.717) is 11.3 Å². The van der Waals surface area contributed by atoms with Crippen LogP contribution in [0, 0.1) is 11.3 Å². The van der Waals surface area contributed by atoms with Gasteiger partial charge in [0.25, 0.3) is 0 Å². The summed E-state index contributed by atoms with van der Waals surface area (Å²) in [5.41, 5.74) is -0.632. The van der Waals surface area contributed by atoms with Crippen LogP contribution < -0.4 is 4.74 Å². The normalized spacial score (nSPS) is 13.5. The van der Waals surface area contributed by atoms with Gasteiger partial charge in [-0.15, -0.1) is 11.6 Å². The molecular weight excluding hydrogens is 238 g/mol. The second kappa shape index (κ2) is 5.70. The van der Waals surface area contributed by atoms with E-state index in [0.717, 1.165) is 0 Å². The second-order valence-electron chi connectivity index (χ2n) is 3.71. The lowest BCUT2D eigenvalue weighted by atomic mass is 9.76. The minimum atomic E-state index is -1.21. The van der Waals surface area contributed by atoms with Gasteiger partial charge in [0.1, 0.15) is 11.2 Å². The summed E-state index contributed by atoms with van der Waals surface area (Å²) < 4.78 is 5.20. The van der Waals surface area contributed by atoms with Crippen molar-refractivity contribution in [2.24, 2.45) is 0 Å². The van der Waals surface area contributed by atoms with E-state index < -0.39 is 5.41 Å². The third kappa shape index (κ3) is 2.42. The molecule has 0 heterocycles. The summed E-state index contributed by atoms with van der Waals surface area (Å²) in [6.07, 6.45) is 0.279. The molecule has 0 aliphatic carbocycles. The van der Waals surface area contributed by atoms with E-state index in [9.17, 15) is 10.1 Å². The molecule has 1 aromatic carbocycles. The quantitative estimate of drug-likeness (QED) is 0.756. The summed E-state index contributed by atoms with van der Waals surface area (Å²) in [5.74, 6) is 0.560. The first-order chi connectivity index (χ1) is 8.12. The van der Waals surface area contributed by atoms with Crippen LogP contribution in [0.15, 0.2) is 24.3 Å². The highest BCUT2D eigenvalue weighted by molar-refractivity contribution is 6.18. The lowest BCUT2D eigenvalue weighted by Gasteiger charge is -2.25. The molecule has 0 N–H and O–H groups in total. The molecule has 1 aromatic rings. The Labute approximate surface area is 106 Å².